The van der Waals surface area contributed by atoms with Crippen molar-refractivity contribution in [2.45, 2.75) is 58.0 Å². The summed E-state index contributed by atoms with van der Waals surface area (Å²) in [5.74, 6) is 0. The van der Waals surface area contributed by atoms with Gasteiger partial charge in [0.2, 0.25) is 0 Å². The third-order valence-electron chi connectivity index (χ3n) is 5.15. The Morgan fingerprint density at radius 2 is 1.85 bits per heavy atom. The van der Waals surface area contributed by atoms with Gasteiger partial charge in [0.25, 0.3) is 0 Å². The van der Waals surface area contributed by atoms with Crippen molar-refractivity contribution in [1.82, 2.24) is 15.1 Å². The molecule has 120 valence electrons. The van der Waals surface area contributed by atoms with E-state index in [2.05, 4.69) is 35.9 Å². The van der Waals surface area contributed by atoms with Crippen LogP contribution in [-0.4, -0.2) is 72.9 Å². The molecule has 0 saturated heterocycles. The first-order valence-corrected chi connectivity index (χ1v) is 8.40. The van der Waals surface area contributed by atoms with Crippen molar-refractivity contribution in [2.75, 3.05) is 46.4 Å². The summed E-state index contributed by atoms with van der Waals surface area (Å²) in [6, 6.07) is 0.635. The maximum absolute atomic E-state index is 9.61. The second-order valence-corrected chi connectivity index (χ2v) is 6.09. The van der Waals surface area contributed by atoms with Gasteiger partial charge in [-0.3, -0.25) is 0 Å². The number of aliphatic hydroxyl groups excluding tert-OH is 1. The fourth-order valence-electron chi connectivity index (χ4n) is 3.50. The first-order chi connectivity index (χ1) is 9.64. The van der Waals surface area contributed by atoms with Gasteiger partial charge in [-0.1, -0.05) is 20.8 Å². The fraction of sp³-hybridized carbons (Fsp3) is 1.00. The van der Waals surface area contributed by atoms with Crippen LogP contribution in [0, 0.1) is 0 Å². The Bertz CT molecular complexity index is 252. The first-order valence-electron chi connectivity index (χ1n) is 8.40. The zero-order valence-corrected chi connectivity index (χ0v) is 14.0. The highest BCUT2D eigenvalue weighted by Gasteiger charge is 2.39. The number of nitrogens with one attached hydrogen (secondary N) is 1. The molecule has 0 aromatic rings. The van der Waals surface area contributed by atoms with Crippen molar-refractivity contribution in [3.8, 4) is 0 Å². The lowest BCUT2D eigenvalue weighted by molar-refractivity contribution is 0.147. The summed E-state index contributed by atoms with van der Waals surface area (Å²) in [6.07, 6.45) is 4.63. The molecule has 1 fully saturated rings. The SMILES string of the molecule is CCN(CC)CCCN(CC)C1CCC(CO)(NC)C1. The molecule has 1 rings (SSSR count). The molecule has 4 nitrogen and oxygen atoms in total. The van der Waals surface area contributed by atoms with E-state index in [1.165, 1.54) is 25.9 Å². The summed E-state index contributed by atoms with van der Waals surface area (Å²) in [5, 5.41) is 13.0. The minimum absolute atomic E-state index is 0.0308. The standard InChI is InChI=1S/C16H35N3O/c1-5-18(6-2)11-8-12-19(7-3)15-9-10-16(13-15,14-20)17-4/h15,17,20H,5-14H2,1-4H3. The second kappa shape index (κ2) is 8.98. The highest BCUT2D eigenvalue weighted by molar-refractivity contribution is 4.98. The van der Waals surface area contributed by atoms with Crippen molar-refractivity contribution >= 4 is 0 Å². The van der Waals surface area contributed by atoms with Gasteiger partial charge in [0.15, 0.2) is 0 Å². The molecule has 1 aliphatic carbocycles. The van der Waals surface area contributed by atoms with Crippen molar-refractivity contribution in [1.29, 1.82) is 0 Å². The van der Waals surface area contributed by atoms with E-state index in [4.69, 9.17) is 0 Å². The molecule has 0 aromatic heterocycles. The van der Waals surface area contributed by atoms with Gasteiger partial charge < -0.3 is 20.2 Å². The van der Waals surface area contributed by atoms with Gasteiger partial charge in [0, 0.05) is 11.6 Å². The lowest BCUT2D eigenvalue weighted by atomic mass is 9.99. The van der Waals surface area contributed by atoms with E-state index in [1.807, 2.05) is 7.05 Å². The molecule has 2 N–H and O–H groups in total. The average Bonchev–Trinajstić information content (AvgIpc) is 2.93. The Kier molecular flexibility index (Phi) is 8.03. The van der Waals surface area contributed by atoms with Gasteiger partial charge in [-0.2, -0.15) is 0 Å². The van der Waals surface area contributed by atoms with Gasteiger partial charge >= 0.3 is 0 Å². The second-order valence-electron chi connectivity index (χ2n) is 6.09. The van der Waals surface area contributed by atoms with Crippen LogP contribution >= 0.6 is 0 Å². The minimum Gasteiger partial charge on any atom is -0.394 e. The van der Waals surface area contributed by atoms with E-state index in [-0.39, 0.29) is 12.1 Å². The number of hydrogen-bond donors (Lipinski definition) is 2. The molecule has 20 heavy (non-hydrogen) atoms. The average molecular weight is 285 g/mol. The number of hydrogen-bond acceptors (Lipinski definition) is 4. The van der Waals surface area contributed by atoms with Crippen molar-refractivity contribution in [2.24, 2.45) is 0 Å². The third kappa shape index (κ3) is 4.69. The predicted molar refractivity (Wildman–Crippen MR) is 86.2 cm³/mol. The smallest absolute Gasteiger partial charge is 0.0613 e. The van der Waals surface area contributed by atoms with E-state index in [9.17, 15) is 5.11 Å². The monoisotopic (exact) mass is 285 g/mol. The normalized spacial score (nSPS) is 26.9. The molecule has 2 unspecified atom stereocenters. The molecular formula is C16H35N3O. The Labute approximate surface area is 125 Å². The lowest BCUT2D eigenvalue weighted by Crippen LogP contribution is -2.46. The summed E-state index contributed by atoms with van der Waals surface area (Å²) in [7, 11) is 1.98. The number of rotatable bonds is 10. The Balaban J connectivity index is 2.40. The topological polar surface area (TPSA) is 38.7 Å². The van der Waals surface area contributed by atoms with Crippen LogP contribution in [-0.2, 0) is 0 Å². The molecule has 4 heteroatoms. The molecule has 0 spiro atoms. The third-order valence-corrected chi connectivity index (χ3v) is 5.15. The zero-order valence-electron chi connectivity index (χ0n) is 14.0. The van der Waals surface area contributed by atoms with Crippen LogP contribution in [0.25, 0.3) is 0 Å². The summed E-state index contributed by atoms with van der Waals surface area (Å²) in [6.45, 7) is 12.8. The molecule has 0 amide bonds. The molecule has 0 aromatic carbocycles. The van der Waals surface area contributed by atoms with Crippen molar-refractivity contribution in [3.05, 3.63) is 0 Å². The van der Waals surface area contributed by atoms with E-state index in [0.717, 1.165) is 32.5 Å². The Morgan fingerprint density at radius 3 is 2.30 bits per heavy atom. The molecule has 1 saturated carbocycles. The van der Waals surface area contributed by atoms with Gasteiger partial charge in [0.05, 0.1) is 6.61 Å². The van der Waals surface area contributed by atoms with Gasteiger partial charge in [-0.05, 0) is 65.5 Å². The molecule has 2 atom stereocenters. The molecule has 1 aliphatic rings. The first kappa shape index (κ1) is 17.9. The summed E-state index contributed by atoms with van der Waals surface area (Å²) < 4.78 is 0. The van der Waals surface area contributed by atoms with Gasteiger partial charge in [0.1, 0.15) is 0 Å². The predicted octanol–water partition coefficient (Wildman–Crippen LogP) is 1.54. The van der Waals surface area contributed by atoms with Crippen LogP contribution in [0.2, 0.25) is 0 Å². The van der Waals surface area contributed by atoms with Crippen molar-refractivity contribution in [3.63, 3.8) is 0 Å². The molecule has 0 bridgehead atoms. The summed E-state index contributed by atoms with van der Waals surface area (Å²) in [5.41, 5.74) is -0.0308. The minimum atomic E-state index is -0.0308. The van der Waals surface area contributed by atoms with Crippen LogP contribution in [0.5, 0.6) is 0 Å². The molecular weight excluding hydrogens is 250 g/mol. The van der Waals surface area contributed by atoms with Crippen LogP contribution < -0.4 is 5.32 Å². The number of nitrogens with zero attached hydrogens (tertiary/aromatic N) is 2. The fourth-order valence-corrected chi connectivity index (χ4v) is 3.50. The van der Waals surface area contributed by atoms with Crippen LogP contribution in [0.1, 0.15) is 46.5 Å². The van der Waals surface area contributed by atoms with E-state index in [0.29, 0.717) is 6.04 Å². The molecule has 0 radical (unpaired) electrons. The van der Waals surface area contributed by atoms with E-state index >= 15 is 0 Å². The van der Waals surface area contributed by atoms with Gasteiger partial charge in [-0.25, -0.2) is 0 Å². The highest BCUT2D eigenvalue weighted by atomic mass is 16.3. The lowest BCUT2D eigenvalue weighted by Gasteiger charge is -2.31. The maximum atomic E-state index is 9.61. The maximum Gasteiger partial charge on any atom is 0.0613 e. The quantitative estimate of drug-likeness (QED) is 0.639. The summed E-state index contributed by atoms with van der Waals surface area (Å²) in [4.78, 5) is 5.10. The van der Waals surface area contributed by atoms with E-state index in [1.54, 1.807) is 0 Å². The van der Waals surface area contributed by atoms with Crippen LogP contribution in [0.3, 0.4) is 0 Å². The van der Waals surface area contributed by atoms with Crippen LogP contribution in [0.15, 0.2) is 0 Å². The number of aliphatic hydroxyl groups is 1. The summed E-state index contributed by atoms with van der Waals surface area (Å²) >= 11 is 0. The van der Waals surface area contributed by atoms with Crippen LogP contribution in [0.4, 0.5) is 0 Å². The zero-order chi connectivity index (χ0) is 15.0. The van der Waals surface area contributed by atoms with Crippen molar-refractivity contribution < 1.29 is 5.11 Å². The number of likely N-dealkylation sites (N-methyl/N-ethyl adjacent to an activating group) is 1. The largest absolute Gasteiger partial charge is 0.394 e. The van der Waals surface area contributed by atoms with E-state index < -0.39 is 0 Å². The Hall–Kier alpha value is -0.160. The molecule has 0 aliphatic heterocycles. The molecule has 0 heterocycles. The van der Waals surface area contributed by atoms with Gasteiger partial charge in [-0.15, -0.1) is 0 Å². The Morgan fingerprint density at radius 1 is 1.15 bits per heavy atom. The highest BCUT2D eigenvalue weighted by Crippen LogP contribution is 2.32.